The number of carbonyl (C=O) groups is 2. The van der Waals surface area contributed by atoms with Gasteiger partial charge in [-0.15, -0.1) is 0 Å². The summed E-state index contributed by atoms with van der Waals surface area (Å²) in [5.41, 5.74) is 1.80. The molecule has 0 atom stereocenters. The molecule has 0 spiro atoms. The molecule has 2 N–H and O–H groups in total. The molecule has 2 saturated carbocycles. The lowest BCUT2D eigenvalue weighted by molar-refractivity contribution is -0.129. The van der Waals surface area contributed by atoms with Gasteiger partial charge in [-0.3, -0.25) is 9.59 Å². The average molecular weight is 373 g/mol. The number of ether oxygens (including phenoxy) is 1. The fourth-order valence-electron chi connectivity index (χ4n) is 4.34. The average Bonchev–Trinajstić information content (AvgIpc) is 2.69. The Morgan fingerprint density at radius 2 is 1.56 bits per heavy atom. The Balaban J connectivity index is 1.49. The van der Waals surface area contributed by atoms with Gasteiger partial charge in [0.1, 0.15) is 5.75 Å². The van der Waals surface area contributed by atoms with Gasteiger partial charge in [0.15, 0.2) is 0 Å². The molecule has 0 radical (unpaired) electrons. The lowest BCUT2D eigenvalue weighted by Crippen LogP contribution is -2.41. The van der Waals surface area contributed by atoms with Gasteiger partial charge in [-0.25, -0.2) is 0 Å². The largest absolute Gasteiger partial charge is 0.495 e. The quantitative estimate of drug-likeness (QED) is 0.814. The van der Waals surface area contributed by atoms with Crippen molar-refractivity contribution in [1.82, 2.24) is 5.32 Å². The highest BCUT2D eigenvalue weighted by Gasteiger charge is 2.31. The Labute approximate surface area is 162 Å². The molecule has 2 aliphatic carbocycles. The molecule has 5 nitrogen and oxygen atoms in total. The van der Waals surface area contributed by atoms with Crippen LogP contribution in [0, 0.1) is 18.8 Å². The highest BCUT2D eigenvalue weighted by atomic mass is 16.5. The van der Waals surface area contributed by atoms with Gasteiger partial charge in [0.2, 0.25) is 11.8 Å². The Hall–Kier alpha value is -2.04. The third-order valence-corrected chi connectivity index (χ3v) is 6.03. The predicted octanol–water partition coefficient (Wildman–Crippen LogP) is 4.20. The van der Waals surface area contributed by atoms with Crippen LogP contribution in [0.25, 0.3) is 0 Å². The standard InChI is InChI=1S/C22H32N2O3/c1-15-8-13-20(27-2)19(14-15)24-22(26)17-11-9-16(10-12-17)21(25)23-18-6-4-3-5-7-18/h8,13-14,16-18H,3-7,9-12H2,1-2H3,(H,23,25)(H,24,26). The molecule has 3 rings (SSSR count). The van der Waals surface area contributed by atoms with Crippen LogP contribution in [0.3, 0.4) is 0 Å². The van der Waals surface area contributed by atoms with E-state index in [1.165, 1.54) is 19.3 Å². The molecule has 0 aliphatic heterocycles. The normalized spacial score (nSPS) is 23.5. The highest BCUT2D eigenvalue weighted by molar-refractivity contribution is 5.94. The maximum atomic E-state index is 12.7. The molecule has 0 unspecified atom stereocenters. The number of hydrogen-bond acceptors (Lipinski definition) is 3. The number of rotatable bonds is 5. The molecule has 0 bridgehead atoms. The van der Waals surface area contributed by atoms with Crippen LogP contribution in [0.2, 0.25) is 0 Å². The van der Waals surface area contributed by atoms with Crippen molar-refractivity contribution >= 4 is 17.5 Å². The number of anilines is 1. The van der Waals surface area contributed by atoms with Crippen LogP contribution in [0.15, 0.2) is 18.2 Å². The first-order valence-corrected chi connectivity index (χ1v) is 10.3. The topological polar surface area (TPSA) is 67.4 Å². The molecular formula is C22H32N2O3. The van der Waals surface area contributed by atoms with Crippen molar-refractivity contribution in [3.63, 3.8) is 0 Å². The Morgan fingerprint density at radius 1 is 0.926 bits per heavy atom. The Morgan fingerprint density at radius 3 is 2.19 bits per heavy atom. The van der Waals surface area contributed by atoms with E-state index in [1.807, 2.05) is 25.1 Å². The van der Waals surface area contributed by atoms with Gasteiger partial charge >= 0.3 is 0 Å². The minimum Gasteiger partial charge on any atom is -0.495 e. The fourth-order valence-corrected chi connectivity index (χ4v) is 4.34. The van der Waals surface area contributed by atoms with E-state index in [9.17, 15) is 9.59 Å². The predicted molar refractivity (Wildman–Crippen MR) is 107 cm³/mol. The first-order chi connectivity index (χ1) is 13.1. The van der Waals surface area contributed by atoms with E-state index < -0.39 is 0 Å². The number of amides is 2. The van der Waals surface area contributed by atoms with Gasteiger partial charge in [-0.1, -0.05) is 25.3 Å². The molecular weight excluding hydrogens is 340 g/mol. The zero-order chi connectivity index (χ0) is 19.2. The van der Waals surface area contributed by atoms with Gasteiger partial charge in [0, 0.05) is 17.9 Å². The summed E-state index contributed by atoms with van der Waals surface area (Å²) in [5, 5.41) is 6.26. The van der Waals surface area contributed by atoms with Crippen molar-refractivity contribution < 1.29 is 14.3 Å². The summed E-state index contributed by atoms with van der Waals surface area (Å²) in [6, 6.07) is 6.13. The number of benzene rings is 1. The Bertz CT molecular complexity index is 660. The van der Waals surface area contributed by atoms with Gasteiger partial charge in [-0.05, 0) is 63.1 Å². The molecule has 5 heteroatoms. The van der Waals surface area contributed by atoms with Crippen molar-refractivity contribution in [2.24, 2.45) is 11.8 Å². The van der Waals surface area contributed by atoms with Crippen molar-refractivity contribution in [3.8, 4) is 5.75 Å². The summed E-state index contributed by atoms with van der Waals surface area (Å²) < 4.78 is 5.34. The number of hydrogen-bond donors (Lipinski definition) is 2. The zero-order valence-electron chi connectivity index (χ0n) is 16.6. The Kier molecular flexibility index (Phi) is 6.75. The van der Waals surface area contributed by atoms with E-state index in [4.69, 9.17) is 4.74 Å². The van der Waals surface area contributed by atoms with E-state index >= 15 is 0 Å². The molecule has 0 aromatic heterocycles. The van der Waals surface area contributed by atoms with Crippen molar-refractivity contribution in [2.45, 2.75) is 70.8 Å². The first kappa shape index (κ1) is 19.7. The number of nitrogens with one attached hydrogen (secondary N) is 2. The maximum absolute atomic E-state index is 12.7. The zero-order valence-corrected chi connectivity index (χ0v) is 16.6. The lowest BCUT2D eigenvalue weighted by Gasteiger charge is -2.30. The second-order valence-electron chi connectivity index (χ2n) is 8.09. The summed E-state index contributed by atoms with van der Waals surface area (Å²) in [6.45, 7) is 1.99. The molecule has 1 aromatic carbocycles. The minimum absolute atomic E-state index is 0.0324. The summed E-state index contributed by atoms with van der Waals surface area (Å²) in [6.07, 6.45) is 9.08. The minimum atomic E-state index is -0.0334. The van der Waals surface area contributed by atoms with Crippen LogP contribution in [0.1, 0.15) is 63.4 Å². The monoisotopic (exact) mass is 372 g/mol. The molecule has 0 heterocycles. The molecule has 1 aromatic rings. The van der Waals surface area contributed by atoms with Gasteiger partial charge in [0.05, 0.1) is 12.8 Å². The van der Waals surface area contributed by atoms with Crippen LogP contribution in [-0.4, -0.2) is 25.0 Å². The number of carbonyl (C=O) groups excluding carboxylic acids is 2. The van der Waals surface area contributed by atoms with E-state index in [0.29, 0.717) is 11.8 Å². The summed E-state index contributed by atoms with van der Waals surface area (Å²) in [4.78, 5) is 25.2. The number of aryl methyl sites for hydroxylation is 1. The SMILES string of the molecule is COc1ccc(C)cc1NC(=O)C1CCC(C(=O)NC2CCCCC2)CC1. The molecule has 2 aliphatic rings. The van der Waals surface area contributed by atoms with E-state index in [0.717, 1.165) is 49.8 Å². The number of methoxy groups -OCH3 is 1. The fraction of sp³-hybridized carbons (Fsp3) is 0.636. The smallest absolute Gasteiger partial charge is 0.227 e. The second-order valence-corrected chi connectivity index (χ2v) is 8.09. The molecule has 27 heavy (non-hydrogen) atoms. The van der Waals surface area contributed by atoms with Crippen LogP contribution >= 0.6 is 0 Å². The summed E-state index contributed by atoms with van der Waals surface area (Å²) in [7, 11) is 1.61. The molecule has 2 amide bonds. The van der Waals surface area contributed by atoms with Crippen molar-refractivity contribution in [2.75, 3.05) is 12.4 Å². The third-order valence-electron chi connectivity index (χ3n) is 6.03. The first-order valence-electron chi connectivity index (χ1n) is 10.3. The lowest BCUT2D eigenvalue weighted by atomic mass is 9.80. The second kappa shape index (κ2) is 9.25. The van der Waals surface area contributed by atoms with Crippen LogP contribution in [0.5, 0.6) is 5.75 Å². The van der Waals surface area contributed by atoms with E-state index in [2.05, 4.69) is 10.6 Å². The van der Waals surface area contributed by atoms with Crippen molar-refractivity contribution in [1.29, 1.82) is 0 Å². The van der Waals surface area contributed by atoms with Gasteiger partial charge in [0.25, 0.3) is 0 Å². The van der Waals surface area contributed by atoms with Gasteiger partial charge < -0.3 is 15.4 Å². The van der Waals surface area contributed by atoms with Crippen molar-refractivity contribution in [3.05, 3.63) is 23.8 Å². The molecule has 148 valence electrons. The molecule has 2 fully saturated rings. The third kappa shape index (κ3) is 5.24. The highest BCUT2D eigenvalue weighted by Crippen LogP contribution is 2.32. The van der Waals surface area contributed by atoms with Crippen LogP contribution in [-0.2, 0) is 9.59 Å². The van der Waals surface area contributed by atoms with Crippen LogP contribution in [0.4, 0.5) is 5.69 Å². The maximum Gasteiger partial charge on any atom is 0.227 e. The summed E-state index contributed by atoms with van der Waals surface area (Å²) >= 11 is 0. The van der Waals surface area contributed by atoms with Gasteiger partial charge in [-0.2, -0.15) is 0 Å². The molecule has 0 saturated heterocycles. The van der Waals surface area contributed by atoms with Crippen LogP contribution < -0.4 is 15.4 Å². The summed E-state index contributed by atoms with van der Waals surface area (Å²) in [5.74, 6) is 0.930. The van der Waals surface area contributed by atoms with E-state index in [-0.39, 0.29) is 23.7 Å². The van der Waals surface area contributed by atoms with E-state index in [1.54, 1.807) is 7.11 Å².